The van der Waals surface area contributed by atoms with Crippen molar-refractivity contribution < 1.29 is 14.6 Å². The number of carbonyl (C=O) groups excluding carboxylic acids is 1. The van der Waals surface area contributed by atoms with Crippen LogP contribution >= 0.6 is 15.9 Å². The molecule has 0 bridgehead atoms. The van der Waals surface area contributed by atoms with E-state index < -0.39 is 0 Å². The van der Waals surface area contributed by atoms with Crippen LogP contribution in [0.25, 0.3) is 0 Å². The first kappa shape index (κ1) is 15.5. The van der Waals surface area contributed by atoms with Gasteiger partial charge in [-0.2, -0.15) is 0 Å². The monoisotopic (exact) mass is 341 g/mol. The SMILES string of the molecule is COc1ccc(C(=O)CN2CCC(O)C(C)C2)cc1Br. The van der Waals surface area contributed by atoms with Crippen LogP contribution < -0.4 is 4.74 Å². The molecule has 0 saturated carbocycles. The summed E-state index contributed by atoms with van der Waals surface area (Å²) in [6, 6.07) is 5.37. The van der Waals surface area contributed by atoms with E-state index in [0.29, 0.717) is 12.1 Å². The number of nitrogens with zero attached hydrogens (tertiary/aromatic N) is 1. The molecule has 2 atom stereocenters. The first-order chi connectivity index (χ1) is 9.51. The molecular formula is C15H20BrNO3. The van der Waals surface area contributed by atoms with Crippen LogP contribution in [0.2, 0.25) is 0 Å². The summed E-state index contributed by atoms with van der Waals surface area (Å²) >= 11 is 3.39. The maximum absolute atomic E-state index is 12.3. The number of carbonyl (C=O) groups is 1. The van der Waals surface area contributed by atoms with Crippen molar-refractivity contribution in [2.24, 2.45) is 5.92 Å². The highest BCUT2D eigenvalue weighted by atomic mass is 79.9. The number of piperidine rings is 1. The Labute approximate surface area is 127 Å². The van der Waals surface area contributed by atoms with Gasteiger partial charge in [-0.1, -0.05) is 6.92 Å². The molecular weight excluding hydrogens is 322 g/mol. The zero-order chi connectivity index (χ0) is 14.7. The van der Waals surface area contributed by atoms with Crippen molar-refractivity contribution in [2.45, 2.75) is 19.4 Å². The fourth-order valence-corrected chi connectivity index (χ4v) is 3.04. The minimum Gasteiger partial charge on any atom is -0.496 e. The smallest absolute Gasteiger partial charge is 0.176 e. The summed E-state index contributed by atoms with van der Waals surface area (Å²) in [6.45, 7) is 3.96. The van der Waals surface area contributed by atoms with Crippen molar-refractivity contribution >= 4 is 21.7 Å². The van der Waals surface area contributed by atoms with E-state index >= 15 is 0 Å². The van der Waals surface area contributed by atoms with E-state index in [4.69, 9.17) is 4.74 Å². The molecule has 20 heavy (non-hydrogen) atoms. The first-order valence-corrected chi connectivity index (χ1v) is 7.57. The molecule has 1 aliphatic heterocycles. The molecule has 2 rings (SSSR count). The Balaban J connectivity index is 2.00. The predicted molar refractivity (Wildman–Crippen MR) is 81.3 cm³/mol. The van der Waals surface area contributed by atoms with Gasteiger partial charge >= 0.3 is 0 Å². The van der Waals surface area contributed by atoms with Gasteiger partial charge in [0.2, 0.25) is 0 Å². The molecule has 0 aliphatic carbocycles. The van der Waals surface area contributed by atoms with Gasteiger partial charge in [-0.15, -0.1) is 0 Å². The first-order valence-electron chi connectivity index (χ1n) is 6.78. The summed E-state index contributed by atoms with van der Waals surface area (Å²) in [4.78, 5) is 14.4. The van der Waals surface area contributed by atoms with Gasteiger partial charge in [0.15, 0.2) is 5.78 Å². The number of Topliss-reactive ketones (excluding diaryl/α,β-unsaturated/α-hetero) is 1. The second-order valence-corrected chi connectivity index (χ2v) is 6.20. The maximum atomic E-state index is 12.3. The van der Waals surface area contributed by atoms with Gasteiger partial charge < -0.3 is 9.84 Å². The molecule has 1 N–H and O–H groups in total. The molecule has 0 spiro atoms. The van der Waals surface area contributed by atoms with Gasteiger partial charge in [0.1, 0.15) is 5.75 Å². The van der Waals surface area contributed by atoms with Crippen molar-refractivity contribution in [3.8, 4) is 5.75 Å². The van der Waals surface area contributed by atoms with Gasteiger partial charge in [-0.25, -0.2) is 0 Å². The molecule has 1 heterocycles. The van der Waals surface area contributed by atoms with Crippen molar-refractivity contribution in [2.75, 3.05) is 26.7 Å². The lowest BCUT2D eigenvalue weighted by Crippen LogP contribution is -2.44. The Morgan fingerprint density at radius 2 is 2.30 bits per heavy atom. The van der Waals surface area contributed by atoms with Gasteiger partial charge in [0, 0.05) is 18.7 Å². The van der Waals surface area contributed by atoms with Crippen LogP contribution in [0.3, 0.4) is 0 Å². The molecule has 1 aromatic carbocycles. The van der Waals surface area contributed by atoms with E-state index in [9.17, 15) is 9.90 Å². The average Bonchev–Trinajstić information content (AvgIpc) is 2.42. The number of likely N-dealkylation sites (tertiary alicyclic amines) is 1. The Hall–Kier alpha value is -0.910. The largest absolute Gasteiger partial charge is 0.496 e. The normalized spacial score (nSPS) is 23.6. The third kappa shape index (κ3) is 3.59. The van der Waals surface area contributed by atoms with E-state index in [0.717, 1.165) is 29.7 Å². The highest BCUT2D eigenvalue weighted by Gasteiger charge is 2.25. The van der Waals surface area contributed by atoms with Crippen LogP contribution in [-0.2, 0) is 0 Å². The van der Waals surface area contributed by atoms with Gasteiger partial charge in [-0.3, -0.25) is 9.69 Å². The number of hydrogen-bond acceptors (Lipinski definition) is 4. The van der Waals surface area contributed by atoms with Gasteiger partial charge in [0.25, 0.3) is 0 Å². The highest BCUT2D eigenvalue weighted by molar-refractivity contribution is 9.10. The number of aliphatic hydroxyl groups is 1. The third-order valence-electron chi connectivity index (χ3n) is 3.79. The second-order valence-electron chi connectivity index (χ2n) is 5.34. The van der Waals surface area contributed by atoms with Crippen LogP contribution in [0.1, 0.15) is 23.7 Å². The Bertz CT molecular complexity index is 492. The van der Waals surface area contributed by atoms with Crippen LogP contribution in [-0.4, -0.2) is 48.6 Å². The standard InChI is InChI=1S/C15H20BrNO3/c1-10-8-17(6-5-13(10)18)9-14(19)11-3-4-15(20-2)12(16)7-11/h3-4,7,10,13,18H,5-6,8-9H2,1-2H3. The molecule has 1 aliphatic rings. The lowest BCUT2D eigenvalue weighted by molar-refractivity contribution is 0.0344. The number of ketones is 1. The van der Waals surface area contributed by atoms with E-state index in [-0.39, 0.29) is 17.8 Å². The van der Waals surface area contributed by atoms with Crippen molar-refractivity contribution in [3.63, 3.8) is 0 Å². The highest BCUT2D eigenvalue weighted by Crippen LogP contribution is 2.26. The van der Waals surface area contributed by atoms with E-state index in [1.807, 2.05) is 6.92 Å². The molecule has 0 radical (unpaired) electrons. The predicted octanol–water partition coefficient (Wildman–Crippen LogP) is 2.34. The van der Waals surface area contributed by atoms with E-state index in [2.05, 4.69) is 20.8 Å². The van der Waals surface area contributed by atoms with Crippen LogP contribution in [0.4, 0.5) is 0 Å². The van der Waals surface area contributed by atoms with Crippen LogP contribution in [0.15, 0.2) is 22.7 Å². The van der Waals surface area contributed by atoms with Gasteiger partial charge in [0.05, 0.1) is 24.2 Å². The molecule has 1 fully saturated rings. The number of benzene rings is 1. The molecule has 0 amide bonds. The second kappa shape index (κ2) is 6.70. The lowest BCUT2D eigenvalue weighted by Gasteiger charge is -2.33. The van der Waals surface area contributed by atoms with Gasteiger partial charge in [-0.05, 0) is 46.5 Å². The zero-order valence-corrected chi connectivity index (χ0v) is 13.4. The molecule has 1 saturated heterocycles. The molecule has 5 heteroatoms. The zero-order valence-electron chi connectivity index (χ0n) is 11.8. The molecule has 0 aromatic heterocycles. The number of hydrogen-bond donors (Lipinski definition) is 1. The van der Waals surface area contributed by atoms with Crippen molar-refractivity contribution in [1.82, 2.24) is 4.90 Å². The maximum Gasteiger partial charge on any atom is 0.176 e. The topological polar surface area (TPSA) is 49.8 Å². The van der Waals surface area contributed by atoms with Crippen molar-refractivity contribution in [3.05, 3.63) is 28.2 Å². The molecule has 2 unspecified atom stereocenters. The minimum atomic E-state index is -0.239. The summed E-state index contributed by atoms with van der Waals surface area (Å²) in [7, 11) is 1.60. The summed E-state index contributed by atoms with van der Waals surface area (Å²) in [5.74, 6) is 1.03. The number of methoxy groups -OCH3 is 1. The Morgan fingerprint density at radius 1 is 1.55 bits per heavy atom. The fourth-order valence-electron chi connectivity index (χ4n) is 2.50. The van der Waals surface area contributed by atoms with Crippen molar-refractivity contribution in [1.29, 1.82) is 0 Å². The fraction of sp³-hybridized carbons (Fsp3) is 0.533. The molecule has 1 aromatic rings. The molecule has 110 valence electrons. The number of halogens is 1. The summed E-state index contributed by atoms with van der Waals surface area (Å²) < 4.78 is 5.94. The summed E-state index contributed by atoms with van der Waals surface area (Å²) in [5, 5.41) is 9.71. The Kier molecular flexibility index (Phi) is 5.18. The Morgan fingerprint density at radius 3 is 2.90 bits per heavy atom. The number of ether oxygens (including phenoxy) is 1. The summed E-state index contributed by atoms with van der Waals surface area (Å²) in [5.41, 5.74) is 0.677. The third-order valence-corrected chi connectivity index (χ3v) is 4.40. The lowest BCUT2D eigenvalue weighted by atomic mass is 9.96. The number of aliphatic hydroxyl groups excluding tert-OH is 1. The van der Waals surface area contributed by atoms with E-state index in [1.54, 1.807) is 25.3 Å². The number of rotatable bonds is 4. The van der Waals surface area contributed by atoms with Crippen LogP contribution in [0.5, 0.6) is 5.75 Å². The minimum absolute atomic E-state index is 0.0944. The van der Waals surface area contributed by atoms with Crippen LogP contribution in [0, 0.1) is 5.92 Å². The average molecular weight is 342 g/mol. The van der Waals surface area contributed by atoms with E-state index in [1.165, 1.54) is 0 Å². The molecule has 4 nitrogen and oxygen atoms in total. The summed E-state index contributed by atoms with van der Waals surface area (Å²) in [6.07, 6.45) is 0.497. The quantitative estimate of drug-likeness (QED) is 0.854.